The monoisotopic (exact) mass is 295 g/mol. The van der Waals surface area contributed by atoms with E-state index in [0.717, 1.165) is 6.54 Å². The van der Waals surface area contributed by atoms with E-state index in [-0.39, 0.29) is 0 Å². The van der Waals surface area contributed by atoms with Crippen LogP contribution in [-0.4, -0.2) is 12.6 Å². The van der Waals surface area contributed by atoms with E-state index in [0.29, 0.717) is 6.04 Å². The molecule has 1 heteroatoms. The van der Waals surface area contributed by atoms with Crippen LogP contribution < -0.4 is 5.32 Å². The number of rotatable bonds is 16. The van der Waals surface area contributed by atoms with Gasteiger partial charge in [0.25, 0.3) is 0 Å². The van der Waals surface area contributed by atoms with E-state index in [9.17, 15) is 0 Å². The summed E-state index contributed by atoms with van der Waals surface area (Å²) in [5, 5.41) is 3.49. The van der Waals surface area contributed by atoms with Crippen molar-refractivity contribution in [1.82, 2.24) is 5.32 Å². The molecule has 0 aromatic rings. The van der Waals surface area contributed by atoms with E-state index >= 15 is 0 Å². The van der Waals surface area contributed by atoms with Crippen molar-refractivity contribution in [3.8, 4) is 0 Å². The van der Waals surface area contributed by atoms with E-state index in [1.54, 1.807) is 0 Å². The van der Waals surface area contributed by atoms with Crippen LogP contribution in [0.25, 0.3) is 0 Å². The molecule has 0 aliphatic carbocycles. The Bertz CT molecular complexity index is 210. The van der Waals surface area contributed by atoms with Crippen LogP contribution in [0.4, 0.5) is 0 Å². The average Bonchev–Trinajstić information content (AvgIpc) is 2.48. The molecular formula is C20H41N. The standard InChI is InChI=1S/C20H41N/c1-4-6-7-8-9-10-11-12-13-14-15-16-17-18-19-20(3)21-5-2/h8-9,20-21H,4-7,10-19H2,1-3H3. The fraction of sp³-hybridized carbons (Fsp3) is 0.900. The maximum atomic E-state index is 3.49. The molecule has 0 aliphatic heterocycles. The Morgan fingerprint density at radius 2 is 1.24 bits per heavy atom. The quantitative estimate of drug-likeness (QED) is 0.249. The van der Waals surface area contributed by atoms with Crippen molar-refractivity contribution in [2.45, 2.75) is 110 Å². The zero-order valence-corrected chi connectivity index (χ0v) is 15.1. The first kappa shape index (κ1) is 20.7. The molecule has 0 amide bonds. The van der Waals surface area contributed by atoms with Crippen LogP contribution in [0.2, 0.25) is 0 Å². The minimum absolute atomic E-state index is 0.709. The minimum atomic E-state index is 0.709. The van der Waals surface area contributed by atoms with Gasteiger partial charge in [-0.25, -0.2) is 0 Å². The summed E-state index contributed by atoms with van der Waals surface area (Å²) in [5.74, 6) is 0. The normalized spacial score (nSPS) is 13.1. The SMILES string of the molecule is CCCCC=CCCCCCCCCCCC(C)NCC. The molecule has 21 heavy (non-hydrogen) atoms. The molecule has 0 aromatic carbocycles. The molecule has 1 unspecified atom stereocenters. The third kappa shape index (κ3) is 17.6. The highest BCUT2D eigenvalue weighted by Gasteiger charge is 1.98. The van der Waals surface area contributed by atoms with Crippen LogP contribution in [-0.2, 0) is 0 Å². The molecule has 0 bridgehead atoms. The van der Waals surface area contributed by atoms with Crippen molar-refractivity contribution in [3.05, 3.63) is 12.2 Å². The summed E-state index contributed by atoms with van der Waals surface area (Å²) in [7, 11) is 0. The van der Waals surface area contributed by atoms with Crippen molar-refractivity contribution in [1.29, 1.82) is 0 Å². The van der Waals surface area contributed by atoms with E-state index in [1.807, 2.05) is 0 Å². The van der Waals surface area contributed by atoms with Crippen molar-refractivity contribution < 1.29 is 0 Å². The van der Waals surface area contributed by atoms with Gasteiger partial charge < -0.3 is 5.32 Å². The van der Waals surface area contributed by atoms with Gasteiger partial charge in [-0.05, 0) is 39.2 Å². The second-order valence-electron chi connectivity index (χ2n) is 6.48. The van der Waals surface area contributed by atoms with Gasteiger partial charge in [-0.2, -0.15) is 0 Å². The second-order valence-corrected chi connectivity index (χ2v) is 6.48. The first-order valence-electron chi connectivity index (χ1n) is 9.69. The van der Waals surface area contributed by atoms with Gasteiger partial charge in [0, 0.05) is 6.04 Å². The fourth-order valence-corrected chi connectivity index (χ4v) is 2.78. The maximum Gasteiger partial charge on any atom is 0.00386 e. The Hall–Kier alpha value is -0.300. The van der Waals surface area contributed by atoms with Gasteiger partial charge in [0.1, 0.15) is 0 Å². The number of hydrogen-bond donors (Lipinski definition) is 1. The van der Waals surface area contributed by atoms with Crippen LogP contribution in [0.1, 0.15) is 104 Å². The molecule has 0 rings (SSSR count). The lowest BCUT2D eigenvalue weighted by Gasteiger charge is -2.11. The summed E-state index contributed by atoms with van der Waals surface area (Å²) in [5.41, 5.74) is 0. The Morgan fingerprint density at radius 3 is 1.81 bits per heavy atom. The third-order valence-electron chi connectivity index (χ3n) is 4.20. The van der Waals surface area contributed by atoms with Gasteiger partial charge in [0.05, 0.1) is 0 Å². The molecule has 0 heterocycles. The van der Waals surface area contributed by atoms with Gasteiger partial charge >= 0.3 is 0 Å². The largest absolute Gasteiger partial charge is 0.315 e. The first-order chi connectivity index (χ1) is 10.3. The maximum absolute atomic E-state index is 3.49. The highest BCUT2D eigenvalue weighted by atomic mass is 14.9. The Morgan fingerprint density at radius 1 is 0.714 bits per heavy atom. The molecular weight excluding hydrogens is 254 g/mol. The molecule has 0 aliphatic rings. The predicted octanol–water partition coefficient (Wildman–Crippen LogP) is 6.63. The van der Waals surface area contributed by atoms with Crippen LogP contribution in [0.15, 0.2) is 12.2 Å². The topological polar surface area (TPSA) is 12.0 Å². The Labute approximate surface area is 135 Å². The lowest BCUT2D eigenvalue weighted by atomic mass is 10.0. The van der Waals surface area contributed by atoms with Crippen LogP contribution in [0, 0.1) is 0 Å². The van der Waals surface area contributed by atoms with Crippen molar-refractivity contribution in [2.75, 3.05) is 6.54 Å². The van der Waals surface area contributed by atoms with Gasteiger partial charge in [-0.3, -0.25) is 0 Å². The molecule has 0 spiro atoms. The van der Waals surface area contributed by atoms with E-state index in [4.69, 9.17) is 0 Å². The molecule has 0 fully saturated rings. The smallest absolute Gasteiger partial charge is 0.00386 e. The number of unbranched alkanes of at least 4 members (excludes halogenated alkanes) is 10. The minimum Gasteiger partial charge on any atom is -0.315 e. The molecule has 1 N–H and O–H groups in total. The summed E-state index contributed by atoms with van der Waals surface area (Å²) < 4.78 is 0. The van der Waals surface area contributed by atoms with E-state index in [1.165, 1.54) is 83.5 Å². The van der Waals surface area contributed by atoms with E-state index < -0.39 is 0 Å². The van der Waals surface area contributed by atoms with Crippen molar-refractivity contribution >= 4 is 0 Å². The van der Waals surface area contributed by atoms with Gasteiger partial charge in [0.15, 0.2) is 0 Å². The second kappa shape index (κ2) is 17.8. The molecule has 1 nitrogen and oxygen atoms in total. The fourth-order valence-electron chi connectivity index (χ4n) is 2.78. The van der Waals surface area contributed by atoms with Crippen LogP contribution >= 0.6 is 0 Å². The zero-order valence-electron chi connectivity index (χ0n) is 15.1. The van der Waals surface area contributed by atoms with Gasteiger partial charge in [-0.15, -0.1) is 0 Å². The third-order valence-corrected chi connectivity index (χ3v) is 4.20. The first-order valence-corrected chi connectivity index (χ1v) is 9.69. The number of allylic oxidation sites excluding steroid dienone is 2. The molecule has 0 radical (unpaired) electrons. The lowest BCUT2D eigenvalue weighted by molar-refractivity contribution is 0.486. The zero-order chi connectivity index (χ0) is 15.6. The van der Waals surface area contributed by atoms with Gasteiger partial charge in [-0.1, -0.05) is 83.8 Å². The Kier molecular flexibility index (Phi) is 17.5. The Balaban J connectivity index is 3.07. The average molecular weight is 296 g/mol. The lowest BCUT2D eigenvalue weighted by Crippen LogP contribution is -2.25. The number of nitrogens with one attached hydrogen (secondary N) is 1. The number of hydrogen-bond acceptors (Lipinski definition) is 1. The van der Waals surface area contributed by atoms with Crippen molar-refractivity contribution in [3.63, 3.8) is 0 Å². The summed E-state index contributed by atoms with van der Waals surface area (Å²) in [4.78, 5) is 0. The van der Waals surface area contributed by atoms with Crippen molar-refractivity contribution in [2.24, 2.45) is 0 Å². The van der Waals surface area contributed by atoms with Crippen LogP contribution in [0.5, 0.6) is 0 Å². The van der Waals surface area contributed by atoms with E-state index in [2.05, 4.69) is 38.2 Å². The highest BCUT2D eigenvalue weighted by molar-refractivity contribution is 4.81. The molecule has 0 aromatic heterocycles. The molecule has 1 atom stereocenters. The molecule has 0 saturated heterocycles. The summed E-state index contributed by atoms with van der Waals surface area (Å²) in [6.07, 6.45) is 22.8. The predicted molar refractivity (Wildman–Crippen MR) is 98.0 cm³/mol. The molecule has 126 valence electrons. The highest BCUT2D eigenvalue weighted by Crippen LogP contribution is 2.11. The summed E-state index contributed by atoms with van der Waals surface area (Å²) >= 11 is 0. The molecule has 0 saturated carbocycles. The van der Waals surface area contributed by atoms with Crippen LogP contribution in [0.3, 0.4) is 0 Å². The summed E-state index contributed by atoms with van der Waals surface area (Å²) in [6.45, 7) is 7.86. The summed E-state index contributed by atoms with van der Waals surface area (Å²) in [6, 6.07) is 0.709. The van der Waals surface area contributed by atoms with Gasteiger partial charge in [0.2, 0.25) is 0 Å².